The topological polar surface area (TPSA) is 59.2 Å². The number of aromatic nitrogens is 2. The van der Waals surface area contributed by atoms with Gasteiger partial charge < -0.3 is 9.63 Å². The van der Waals surface area contributed by atoms with Gasteiger partial charge in [-0.3, -0.25) is 0 Å². The summed E-state index contributed by atoms with van der Waals surface area (Å²) in [6.45, 7) is 3.58. The van der Waals surface area contributed by atoms with E-state index in [1.807, 2.05) is 6.92 Å². The number of halogens is 2. The molecule has 0 saturated heterocycles. The fourth-order valence-corrected chi connectivity index (χ4v) is 1.74. The molecule has 2 rings (SSSR count). The standard InChI is InChI=1S/C13H14F2N2O2/c1-3-11(18)7(2)13-16-12(17-19-13)8-4-9(14)6-10(15)5-8/h4-7,11,18H,3H2,1-2H3. The van der Waals surface area contributed by atoms with Crippen LogP contribution in [0, 0.1) is 11.6 Å². The minimum Gasteiger partial charge on any atom is -0.392 e. The van der Waals surface area contributed by atoms with Crippen molar-refractivity contribution >= 4 is 0 Å². The van der Waals surface area contributed by atoms with Gasteiger partial charge in [-0.1, -0.05) is 19.0 Å². The van der Waals surface area contributed by atoms with Crippen molar-refractivity contribution in [2.75, 3.05) is 0 Å². The van der Waals surface area contributed by atoms with E-state index in [2.05, 4.69) is 10.1 Å². The normalized spacial score (nSPS) is 14.4. The van der Waals surface area contributed by atoms with Crippen LogP contribution in [0.1, 0.15) is 32.1 Å². The number of aliphatic hydroxyl groups is 1. The third-order valence-electron chi connectivity index (χ3n) is 2.95. The Balaban J connectivity index is 2.30. The van der Waals surface area contributed by atoms with Crippen LogP contribution < -0.4 is 0 Å². The number of aliphatic hydroxyl groups excluding tert-OH is 1. The maximum Gasteiger partial charge on any atom is 0.232 e. The highest BCUT2D eigenvalue weighted by molar-refractivity contribution is 5.54. The molecule has 1 heterocycles. The number of rotatable bonds is 4. The molecule has 0 aliphatic heterocycles. The third kappa shape index (κ3) is 2.96. The Morgan fingerprint density at radius 3 is 2.47 bits per heavy atom. The van der Waals surface area contributed by atoms with Crippen LogP contribution in [0.25, 0.3) is 11.4 Å². The van der Waals surface area contributed by atoms with Crippen LogP contribution in [-0.2, 0) is 0 Å². The maximum atomic E-state index is 13.1. The molecule has 2 aromatic rings. The molecule has 6 heteroatoms. The molecule has 1 aromatic carbocycles. The molecule has 0 spiro atoms. The summed E-state index contributed by atoms with van der Waals surface area (Å²) in [6.07, 6.45) is -0.0504. The van der Waals surface area contributed by atoms with Crippen molar-refractivity contribution < 1.29 is 18.4 Å². The molecule has 19 heavy (non-hydrogen) atoms. The zero-order valence-electron chi connectivity index (χ0n) is 10.6. The first-order chi connectivity index (χ1) is 9.01. The minimum atomic E-state index is -0.706. The summed E-state index contributed by atoms with van der Waals surface area (Å²) in [5.74, 6) is -1.40. The molecule has 0 aliphatic rings. The molecule has 0 aliphatic carbocycles. The highest BCUT2D eigenvalue weighted by atomic mass is 19.1. The van der Waals surface area contributed by atoms with Gasteiger partial charge in [0.2, 0.25) is 11.7 Å². The zero-order chi connectivity index (χ0) is 14.0. The molecule has 102 valence electrons. The molecule has 2 unspecified atom stereocenters. The van der Waals surface area contributed by atoms with Crippen molar-refractivity contribution in [2.45, 2.75) is 32.3 Å². The van der Waals surface area contributed by atoms with Crippen molar-refractivity contribution in [3.05, 3.63) is 35.7 Å². The van der Waals surface area contributed by atoms with Gasteiger partial charge in [0.1, 0.15) is 11.6 Å². The molecule has 0 bridgehead atoms. The molecule has 1 aromatic heterocycles. The SMILES string of the molecule is CCC(O)C(C)c1nc(-c2cc(F)cc(F)c2)no1. The van der Waals surface area contributed by atoms with E-state index in [-0.39, 0.29) is 23.2 Å². The second kappa shape index (κ2) is 5.44. The second-order valence-electron chi connectivity index (χ2n) is 4.38. The molecule has 0 amide bonds. The summed E-state index contributed by atoms with van der Waals surface area (Å²) in [5.41, 5.74) is 0.200. The van der Waals surface area contributed by atoms with E-state index in [0.29, 0.717) is 6.42 Å². The van der Waals surface area contributed by atoms with Gasteiger partial charge in [0.25, 0.3) is 0 Å². The summed E-state index contributed by atoms with van der Waals surface area (Å²) in [5, 5.41) is 13.4. The van der Waals surface area contributed by atoms with Crippen LogP contribution in [0.4, 0.5) is 8.78 Å². The van der Waals surface area contributed by atoms with Gasteiger partial charge in [-0.05, 0) is 18.6 Å². The fraction of sp³-hybridized carbons (Fsp3) is 0.385. The smallest absolute Gasteiger partial charge is 0.232 e. The summed E-state index contributed by atoms with van der Waals surface area (Å²) in [7, 11) is 0. The van der Waals surface area contributed by atoms with E-state index in [4.69, 9.17) is 4.52 Å². The molecule has 0 fully saturated rings. The Kier molecular flexibility index (Phi) is 3.90. The highest BCUT2D eigenvalue weighted by Crippen LogP contribution is 2.24. The van der Waals surface area contributed by atoms with E-state index in [0.717, 1.165) is 18.2 Å². The van der Waals surface area contributed by atoms with Crippen LogP contribution in [0.2, 0.25) is 0 Å². The molecule has 1 N–H and O–H groups in total. The Bertz CT molecular complexity index is 551. The quantitative estimate of drug-likeness (QED) is 0.926. The zero-order valence-corrected chi connectivity index (χ0v) is 10.6. The first-order valence-electron chi connectivity index (χ1n) is 5.99. The number of hydrogen-bond donors (Lipinski definition) is 1. The van der Waals surface area contributed by atoms with Crippen molar-refractivity contribution in [3.63, 3.8) is 0 Å². The molecule has 0 saturated carbocycles. The van der Waals surface area contributed by atoms with E-state index in [1.54, 1.807) is 6.92 Å². The van der Waals surface area contributed by atoms with E-state index in [9.17, 15) is 13.9 Å². The molecular weight excluding hydrogens is 254 g/mol. The van der Waals surface area contributed by atoms with Crippen LogP contribution in [0.5, 0.6) is 0 Å². The predicted molar refractivity (Wildman–Crippen MR) is 64.4 cm³/mol. The van der Waals surface area contributed by atoms with Crippen molar-refractivity contribution in [3.8, 4) is 11.4 Å². The summed E-state index contributed by atoms with van der Waals surface area (Å²) < 4.78 is 31.2. The Labute approximate surface area is 109 Å². The van der Waals surface area contributed by atoms with Crippen LogP contribution in [-0.4, -0.2) is 21.4 Å². The first kappa shape index (κ1) is 13.6. The lowest BCUT2D eigenvalue weighted by Gasteiger charge is -2.11. The maximum absolute atomic E-state index is 13.1. The average Bonchev–Trinajstić information content (AvgIpc) is 2.85. The highest BCUT2D eigenvalue weighted by Gasteiger charge is 2.21. The first-order valence-corrected chi connectivity index (χ1v) is 5.99. The number of hydrogen-bond acceptors (Lipinski definition) is 4. The van der Waals surface area contributed by atoms with Crippen molar-refractivity contribution in [1.29, 1.82) is 0 Å². The Morgan fingerprint density at radius 2 is 1.89 bits per heavy atom. The van der Waals surface area contributed by atoms with Gasteiger partial charge in [0.05, 0.1) is 12.0 Å². The summed E-state index contributed by atoms with van der Waals surface area (Å²) >= 11 is 0. The average molecular weight is 268 g/mol. The van der Waals surface area contributed by atoms with Gasteiger partial charge in [0, 0.05) is 11.6 Å². The third-order valence-corrected chi connectivity index (χ3v) is 2.95. The van der Waals surface area contributed by atoms with Crippen LogP contribution in [0.3, 0.4) is 0 Å². The van der Waals surface area contributed by atoms with Crippen molar-refractivity contribution in [1.82, 2.24) is 10.1 Å². The Hall–Kier alpha value is -1.82. The summed E-state index contributed by atoms with van der Waals surface area (Å²) in [4.78, 5) is 4.06. The largest absolute Gasteiger partial charge is 0.392 e. The second-order valence-corrected chi connectivity index (χ2v) is 4.38. The van der Waals surface area contributed by atoms with Crippen molar-refractivity contribution in [2.24, 2.45) is 0 Å². The van der Waals surface area contributed by atoms with E-state index in [1.165, 1.54) is 0 Å². The number of nitrogens with zero attached hydrogens (tertiary/aromatic N) is 2. The summed E-state index contributed by atoms with van der Waals surface area (Å²) in [6, 6.07) is 3.02. The van der Waals surface area contributed by atoms with E-state index < -0.39 is 17.7 Å². The lowest BCUT2D eigenvalue weighted by Crippen LogP contribution is -2.14. The van der Waals surface area contributed by atoms with Gasteiger partial charge in [-0.25, -0.2) is 8.78 Å². The fourth-order valence-electron chi connectivity index (χ4n) is 1.74. The Morgan fingerprint density at radius 1 is 1.26 bits per heavy atom. The van der Waals surface area contributed by atoms with Gasteiger partial charge in [-0.15, -0.1) is 0 Å². The lowest BCUT2D eigenvalue weighted by atomic mass is 10.0. The minimum absolute atomic E-state index is 0.101. The molecule has 0 radical (unpaired) electrons. The van der Waals surface area contributed by atoms with Gasteiger partial charge in [-0.2, -0.15) is 4.98 Å². The van der Waals surface area contributed by atoms with Gasteiger partial charge in [0.15, 0.2) is 0 Å². The molecule has 4 nitrogen and oxygen atoms in total. The predicted octanol–water partition coefficient (Wildman–Crippen LogP) is 2.89. The van der Waals surface area contributed by atoms with Gasteiger partial charge >= 0.3 is 0 Å². The number of benzene rings is 1. The monoisotopic (exact) mass is 268 g/mol. The van der Waals surface area contributed by atoms with E-state index >= 15 is 0 Å². The van der Waals surface area contributed by atoms with Crippen LogP contribution >= 0.6 is 0 Å². The molecular formula is C13H14F2N2O2. The lowest BCUT2D eigenvalue weighted by molar-refractivity contribution is 0.129. The van der Waals surface area contributed by atoms with Crippen LogP contribution in [0.15, 0.2) is 22.7 Å². The molecule has 2 atom stereocenters.